The van der Waals surface area contributed by atoms with Crippen molar-refractivity contribution in [1.29, 1.82) is 0 Å². The predicted octanol–water partition coefficient (Wildman–Crippen LogP) is 3.46. The number of carbonyl (C=O) groups excluding carboxylic acids is 1. The van der Waals surface area contributed by atoms with Gasteiger partial charge in [0.05, 0.1) is 6.04 Å². The van der Waals surface area contributed by atoms with Gasteiger partial charge in [0.1, 0.15) is 0 Å². The van der Waals surface area contributed by atoms with Crippen molar-refractivity contribution in [2.45, 2.75) is 25.8 Å². The summed E-state index contributed by atoms with van der Waals surface area (Å²) in [6.45, 7) is 2.60. The first-order valence-electron chi connectivity index (χ1n) is 8.89. The number of nitrogens with zero attached hydrogens (tertiary/aromatic N) is 3. The van der Waals surface area contributed by atoms with Crippen LogP contribution in [0.4, 0.5) is 0 Å². The van der Waals surface area contributed by atoms with Gasteiger partial charge < -0.3 is 14.6 Å². The highest BCUT2D eigenvalue weighted by molar-refractivity contribution is 7.10. The van der Waals surface area contributed by atoms with E-state index in [1.54, 1.807) is 11.3 Å². The highest BCUT2D eigenvalue weighted by atomic mass is 32.1. The van der Waals surface area contributed by atoms with Gasteiger partial charge in [-0.1, -0.05) is 23.8 Å². The minimum Gasteiger partial charge on any atom is -0.421 e. The minimum absolute atomic E-state index is 0.0199. The molecule has 0 bridgehead atoms. The molecule has 1 amide bonds. The maximum absolute atomic E-state index is 12.2. The smallest absolute Gasteiger partial charge is 0.247 e. The van der Waals surface area contributed by atoms with Crippen LogP contribution in [0.15, 0.2) is 46.2 Å². The molecule has 6 nitrogen and oxygen atoms in total. The molecular weight excluding hydrogens is 360 g/mol. The molecule has 2 aromatic heterocycles. The monoisotopic (exact) mass is 384 g/mol. The van der Waals surface area contributed by atoms with Crippen molar-refractivity contribution >= 4 is 17.2 Å². The number of carbonyl (C=O) groups is 1. The Labute approximate surface area is 163 Å². The third-order valence-corrected chi connectivity index (χ3v) is 5.29. The van der Waals surface area contributed by atoms with E-state index in [1.165, 1.54) is 10.4 Å². The van der Waals surface area contributed by atoms with Gasteiger partial charge in [-0.05, 0) is 44.6 Å². The van der Waals surface area contributed by atoms with Gasteiger partial charge in [-0.15, -0.1) is 21.5 Å². The normalized spacial score (nSPS) is 12.3. The summed E-state index contributed by atoms with van der Waals surface area (Å²) in [4.78, 5) is 15.6. The van der Waals surface area contributed by atoms with Crippen LogP contribution in [0.1, 0.15) is 28.8 Å². The predicted molar refractivity (Wildman–Crippen MR) is 107 cm³/mol. The van der Waals surface area contributed by atoms with Crippen molar-refractivity contribution in [3.63, 3.8) is 0 Å². The Morgan fingerprint density at radius 3 is 2.67 bits per heavy atom. The van der Waals surface area contributed by atoms with Crippen molar-refractivity contribution in [3.8, 4) is 11.5 Å². The lowest BCUT2D eigenvalue weighted by Crippen LogP contribution is -2.34. The number of likely N-dealkylation sites (N-methyl/N-ethyl adjacent to an activating group) is 1. The number of nitrogens with one attached hydrogen (secondary N) is 1. The molecular formula is C20H24N4O2S. The summed E-state index contributed by atoms with van der Waals surface area (Å²) in [5, 5.41) is 13.2. The first-order chi connectivity index (χ1) is 13.0. The summed E-state index contributed by atoms with van der Waals surface area (Å²) >= 11 is 1.70. The lowest BCUT2D eigenvalue weighted by Gasteiger charge is -2.23. The summed E-state index contributed by atoms with van der Waals surface area (Å²) in [5.41, 5.74) is 2.06. The molecule has 2 heterocycles. The van der Waals surface area contributed by atoms with E-state index >= 15 is 0 Å². The van der Waals surface area contributed by atoms with Crippen LogP contribution in [-0.4, -0.2) is 41.6 Å². The van der Waals surface area contributed by atoms with Gasteiger partial charge in [-0.2, -0.15) is 0 Å². The molecule has 0 fully saturated rings. The Balaban J connectivity index is 1.50. The molecule has 0 unspecified atom stereocenters. The standard InChI is InChI=1S/C20H24N4O2S/c1-14-6-8-15(9-7-14)20-23-22-19(26-20)11-10-18(25)21-13-16(24(2)3)17-5-4-12-27-17/h4-9,12,16H,10-11,13H2,1-3H3,(H,21,25)/t16-/m1/s1. The number of benzene rings is 1. The molecule has 142 valence electrons. The van der Waals surface area contributed by atoms with Gasteiger partial charge in [-0.3, -0.25) is 4.79 Å². The van der Waals surface area contributed by atoms with Crippen molar-refractivity contribution in [2.24, 2.45) is 0 Å². The van der Waals surface area contributed by atoms with E-state index in [2.05, 4.69) is 31.9 Å². The van der Waals surface area contributed by atoms with E-state index in [9.17, 15) is 4.79 Å². The Morgan fingerprint density at radius 1 is 1.22 bits per heavy atom. The summed E-state index contributed by atoms with van der Waals surface area (Å²) in [7, 11) is 4.03. The second kappa shape index (κ2) is 8.92. The number of hydrogen-bond donors (Lipinski definition) is 1. The molecule has 27 heavy (non-hydrogen) atoms. The van der Waals surface area contributed by atoms with E-state index < -0.39 is 0 Å². The molecule has 1 aromatic carbocycles. The Hall–Kier alpha value is -2.51. The Morgan fingerprint density at radius 2 is 2.00 bits per heavy atom. The third-order valence-electron chi connectivity index (χ3n) is 4.32. The van der Waals surface area contributed by atoms with Gasteiger partial charge in [0, 0.05) is 29.8 Å². The number of amides is 1. The summed E-state index contributed by atoms with van der Waals surface area (Å²) in [6.07, 6.45) is 0.746. The molecule has 0 saturated carbocycles. The molecule has 0 aliphatic rings. The fourth-order valence-electron chi connectivity index (χ4n) is 2.71. The maximum atomic E-state index is 12.2. The van der Waals surface area contributed by atoms with Crippen LogP contribution in [-0.2, 0) is 11.2 Å². The zero-order chi connectivity index (χ0) is 19.2. The average Bonchev–Trinajstić information content (AvgIpc) is 3.33. The van der Waals surface area contributed by atoms with Crippen LogP contribution >= 0.6 is 11.3 Å². The quantitative estimate of drug-likeness (QED) is 0.644. The van der Waals surface area contributed by atoms with Crippen molar-refractivity contribution < 1.29 is 9.21 Å². The highest BCUT2D eigenvalue weighted by Crippen LogP contribution is 2.22. The second-order valence-electron chi connectivity index (χ2n) is 6.67. The molecule has 0 radical (unpaired) electrons. The summed E-state index contributed by atoms with van der Waals surface area (Å²) in [5.74, 6) is 0.937. The third kappa shape index (κ3) is 5.24. The first-order valence-corrected chi connectivity index (χ1v) is 9.77. The Bertz CT molecular complexity index is 857. The summed E-state index contributed by atoms with van der Waals surface area (Å²) < 4.78 is 5.67. The van der Waals surface area contributed by atoms with Crippen LogP contribution in [0.2, 0.25) is 0 Å². The SMILES string of the molecule is Cc1ccc(-c2nnc(CCC(=O)NC[C@H](c3cccs3)N(C)C)o2)cc1. The van der Waals surface area contributed by atoms with Crippen LogP contribution < -0.4 is 5.32 Å². The van der Waals surface area contributed by atoms with Gasteiger partial charge in [0.2, 0.25) is 17.7 Å². The highest BCUT2D eigenvalue weighted by Gasteiger charge is 2.17. The number of hydrogen-bond acceptors (Lipinski definition) is 6. The van der Waals surface area contributed by atoms with E-state index in [1.807, 2.05) is 51.4 Å². The largest absolute Gasteiger partial charge is 0.421 e. The number of rotatable bonds is 8. The zero-order valence-corrected chi connectivity index (χ0v) is 16.6. The number of thiophene rings is 1. The zero-order valence-electron chi connectivity index (χ0n) is 15.8. The maximum Gasteiger partial charge on any atom is 0.247 e. The van der Waals surface area contributed by atoms with Gasteiger partial charge in [0.15, 0.2) is 0 Å². The van der Waals surface area contributed by atoms with Crippen LogP contribution in [0.25, 0.3) is 11.5 Å². The molecule has 7 heteroatoms. The van der Waals surface area contributed by atoms with Gasteiger partial charge in [-0.25, -0.2) is 0 Å². The Kier molecular flexibility index (Phi) is 6.36. The fraction of sp³-hybridized carbons (Fsp3) is 0.350. The van der Waals surface area contributed by atoms with Crippen LogP contribution in [0, 0.1) is 6.92 Å². The van der Waals surface area contributed by atoms with Crippen molar-refractivity contribution in [2.75, 3.05) is 20.6 Å². The molecule has 0 aliphatic carbocycles. The lowest BCUT2D eigenvalue weighted by molar-refractivity contribution is -0.121. The first kappa shape index (κ1) is 19.3. The van der Waals surface area contributed by atoms with E-state index in [4.69, 9.17) is 4.42 Å². The minimum atomic E-state index is -0.0199. The van der Waals surface area contributed by atoms with Crippen molar-refractivity contribution in [1.82, 2.24) is 20.4 Å². The molecule has 0 aliphatic heterocycles. The summed E-state index contributed by atoms with van der Waals surface area (Å²) in [6, 6.07) is 12.2. The second-order valence-corrected chi connectivity index (χ2v) is 7.65. The van der Waals surface area contributed by atoms with Crippen LogP contribution in [0.5, 0.6) is 0 Å². The van der Waals surface area contributed by atoms with Gasteiger partial charge >= 0.3 is 0 Å². The number of aryl methyl sites for hydroxylation is 2. The van der Waals surface area contributed by atoms with Crippen molar-refractivity contribution in [3.05, 3.63) is 58.1 Å². The van der Waals surface area contributed by atoms with Gasteiger partial charge in [0.25, 0.3) is 0 Å². The molecule has 0 saturated heterocycles. The topological polar surface area (TPSA) is 71.3 Å². The fourth-order valence-corrected chi connectivity index (χ4v) is 3.63. The average molecular weight is 385 g/mol. The van der Waals surface area contributed by atoms with E-state index in [-0.39, 0.29) is 11.9 Å². The van der Waals surface area contributed by atoms with Crippen LogP contribution in [0.3, 0.4) is 0 Å². The van der Waals surface area contributed by atoms with E-state index in [0.29, 0.717) is 31.2 Å². The number of aromatic nitrogens is 2. The molecule has 3 aromatic rings. The molecule has 1 N–H and O–H groups in total. The lowest BCUT2D eigenvalue weighted by atomic mass is 10.1. The molecule has 0 spiro atoms. The molecule has 1 atom stereocenters. The molecule has 3 rings (SSSR count). The van der Waals surface area contributed by atoms with E-state index in [0.717, 1.165) is 5.56 Å².